The number of hydrogen-bond donors (Lipinski definition) is 0. The van der Waals surface area contributed by atoms with Crippen molar-refractivity contribution in [2.75, 3.05) is 4.90 Å². The molecule has 1 fully saturated rings. The highest BCUT2D eigenvalue weighted by molar-refractivity contribution is 5.67. The van der Waals surface area contributed by atoms with Crippen LogP contribution in [0.4, 0.5) is 20.2 Å². The Bertz CT molecular complexity index is 1080. The highest BCUT2D eigenvalue weighted by Crippen LogP contribution is 2.38. The molecule has 1 saturated carbocycles. The molecular weight excluding hydrogens is 412 g/mol. The van der Waals surface area contributed by atoms with Gasteiger partial charge in [-0.1, -0.05) is 12.1 Å². The van der Waals surface area contributed by atoms with Gasteiger partial charge in [0.1, 0.15) is 0 Å². The van der Waals surface area contributed by atoms with Crippen LogP contribution in [0.15, 0.2) is 67.0 Å². The first kappa shape index (κ1) is 21.6. The van der Waals surface area contributed by atoms with E-state index in [1.807, 2.05) is 29.2 Å². The number of benzene rings is 2. The van der Waals surface area contributed by atoms with Gasteiger partial charge in [0.2, 0.25) is 0 Å². The van der Waals surface area contributed by atoms with Gasteiger partial charge in [0.15, 0.2) is 11.5 Å². The average molecular weight is 435 g/mol. The Morgan fingerprint density at radius 2 is 1.84 bits per heavy atom. The third-order valence-electron chi connectivity index (χ3n) is 5.40. The van der Waals surface area contributed by atoms with Crippen LogP contribution in [-0.2, 0) is 6.54 Å². The van der Waals surface area contributed by atoms with E-state index in [-0.39, 0.29) is 11.9 Å². The number of hydrogen-bond acceptors (Lipinski definition) is 5. The summed E-state index contributed by atoms with van der Waals surface area (Å²) in [6.07, 6.45) is 7.36. The molecule has 4 rings (SSSR count). The molecule has 0 amide bonds. The first-order valence-electron chi connectivity index (χ1n) is 10.5. The zero-order valence-electron chi connectivity index (χ0n) is 17.5. The van der Waals surface area contributed by atoms with Gasteiger partial charge in [-0.15, -0.1) is 0 Å². The zero-order chi connectivity index (χ0) is 22.3. The van der Waals surface area contributed by atoms with Crippen LogP contribution >= 0.6 is 0 Å². The van der Waals surface area contributed by atoms with Gasteiger partial charge in [-0.3, -0.25) is 4.98 Å². The Balaban J connectivity index is 1.74. The van der Waals surface area contributed by atoms with Crippen molar-refractivity contribution >= 4 is 11.4 Å². The summed E-state index contributed by atoms with van der Waals surface area (Å²) < 4.78 is 36.8. The largest absolute Gasteiger partial charge is 0.486 e. The maximum Gasteiger partial charge on any atom is 0.387 e. The van der Waals surface area contributed by atoms with Crippen LogP contribution in [-0.4, -0.2) is 17.7 Å². The number of pyridine rings is 1. The average Bonchev–Trinajstić information content (AvgIpc) is 3.32. The van der Waals surface area contributed by atoms with E-state index in [4.69, 9.17) is 9.47 Å². The van der Waals surface area contributed by atoms with E-state index in [0.717, 1.165) is 42.6 Å². The summed E-state index contributed by atoms with van der Waals surface area (Å²) >= 11 is 0. The molecule has 164 valence electrons. The van der Waals surface area contributed by atoms with Gasteiger partial charge in [-0.05, 0) is 67.6 Å². The molecule has 5 nitrogen and oxygen atoms in total. The molecule has 0 spiro atoms. The minimum Gasteiger partial charge on any atom is -0.486 e. The molecule has 3 aromatic rings. The van der Waals surface area contributed by atoms with Crippen molar-refractivity contribution in [2.24, 2.45) is 0 Å². The van der Waals surface area contributed by atoms with E-state index < -0.39 is 6.61 Å². The second-order valence-electron chi connectivity index (χ2n) is 7.64. The van der Waals surface area contributed by atoms with Crippen molar-refractivity contribution in [1.82, 2.24) is 4.98 Å². The Morgan fingerprint density at radius 1 is 1.03 bits per heavy atom. The molecule has 2 aromatic carbocycles. The maximum absolute atomic E-state index is 13.0. The topological polar surface area (TPSA) is 58.4 Å². The first-order valence-corrected chi connectivity index (χ1v) is 10.5. The lowest BCUT2D eigenvalue weighted by Crippen LogP contribution is -2.18. The zero-order valence-corrected chi connectivity index (χ0v) is 17.5. The fraction of sp³-hybridized carbons (Fsp3) is 0.280. The molecule has 0 N–H and O–H groups in total. The third-order valence-corrected chi connectivity index (χ3v) is 5.40. The summed E-state index contributed by atoms with van der Waals surface area (Å²) in [5.41, 5.74) is 3.01. The molecular formula is C25H23F2N3O2. The molecule has 1 aliphatic carbocycles. The summed E-state index contributed by atoms with van der Waals surface area (Å²) in [6.45, 7) is -2.47. The van der Waals surface area contributed by atoms with Crippen molar-refractivity contribution < 1.29 is 18.3 Å². The fourth-order valence-electron chi connectivity index (χ4n) is 3.89. The van der Waals surface area contributed by atoms with Gasteiger partial charge < -0.3 is 14.4 Å². The van der Waals surface area contributed by atoms with Gasteiger partial charge in [-0.2, -0.15) is 14.0 Å². The second-order valence-corrected chi connectivity index (χ2v) is 7.64. The second kappa shape index (κ2) is 10.1. The van der Waals surface area contributed by atoms with Crippen molar-refractivity contribution in [3.05, 3.63) is 78.1 Å². The summed E-state index contributed by atoms with van der Waals surface area (Å²) in [4.78, 5) is 6.18. The third kappa shape index (κ3) is 5.33. The number of nitriles is 1. The SMILES string of the molecule is N#Cc1cccc(N(Cc2cccnc2)c2ccc(OC(F)F)c(OC3CCCC3)c2)c1. The Labute approximate surface area is 185 Å². The van der Waals surface area contributed by atoms with E-state index in [9.17, 15) is 14.0 Å². The predicted octanol–water partition coefficient (Wildman–Crippen LogP) is 6.21. The monoisotopic (exact) mass is 435 g/mol. The van der Waals surface area contributed by atoms with Gasteiger partial charge >= 0.3 is 6.61 Å². The molecule has 1 aliphatic rings. The minimum absolute atomic E-state index is 0.0148. The molecule has 1 heterocycles. The molecule has 0 atom stereocenters. The van der Waals surface area contributed by atoms with Gasteiger partial charge in [0.25, 0.3) is 0 Å². The van der Waals surface area contributed by atoms with Crippen LogP contribution in [0.5, 0.6) is 11.5 Å². The Kier molecular flexibility index (Phi) is 6.81. The van der Waals surface area contributed by atoms with E-state index in [1.165, 1.54) is 6.07 Å². The minimum atomic E-state index is -2.94. The van der Waals surface area contributed by atoms with Crippen LogP contribution in [0.25, 0.3) is 0 Å². The highest BCUT2D eigenvalue weighted by Gasteiger charge is 2.22. The molecule has 7 heteroatoms. The van der Waals surface area contributed by atoms with Gasteiger partial charge in [0.05, 0.1) is 17.7 Å². The number of anilines is 2. The molecule has 32 heavy (non-hydrogen) atoms. The number of rotatable bonds is 8. The van der Waals surface area contributed by atoms with Crippen LogP contribution in [0.3, 0.4) is 0 Å². The number of halogens is 2. The lowest BCUT2D eigenvalue weighted by atomic mass is 10.1. The predicted molar refractivity (Wildman–Crippen MR) is 117 cm³/mol. The summed E-state index contributed by atoms with van der Waals surface area (Å²) in [7, 11) is 0. The molecule has 0 radical (unpaired) electrons. The van der Waals surface area contributed by atoms with E-state index >= 15 is 0 Å². The summed E-state index contributed by atoms with van der Waals surface area (Å²) in [5.74, 6) is 0.310. The summed E-state index contributed by atoms with van der Waals surface area (Å²) in [5, 5.41) is 9.34. The molecule has 0 saturated heterocycles. The van der Waals surface area contributed by atoms with Crippen LogP contribution in [0, 0.1) is 11.3 Å². The molecule has 1 aromatic heterocycles. The van der Waals surface area contributed by atoms with Crippen molar-refractivity contribution in [3.8, 4) is 17.6 Å². The fourth-order valence-corrected chi connectivity index (χ4v) is 3.89. The lowest BCUT2D eigenvalue weighted by Gasteiger charge is -2.27. The number of aromatic nitrogens is 1. The lowest BCUT2D eigenvalue weighted by molar-refractivity contribution is -0.0520. The quantitative estimate of drug-likeness (QED) is 0.421. The normalized spacial score (nSPS) is 13.7. The number of nitrogens with zero attached hydrogens (tertiary/aromatic N) is 3. The van der Waals surface area contributed by atoms with E-state index in [1.54, 1.807) is 36.7 Å². The Hall–Kier alpha value is -3.66. The summed E-state index contributed by atoms with van der Waals surface area (Å²) in [6, 6.07) is 18.2. The number of ether oxygens (including phenoxy) is 2. The van der Waals surface area contributed by atoms with Gasteiger partial charge in [-0.25, -0.2) is 0 Å². The molecule has 0 aliphatic heterocycles. The van der Waals surface area contributed by atoms with Gasteiger partial charge in [0, 0.05) is 36.4 Å². The van der Waals surface area contributed by atoms with Crippen molar-refractivity contribution in [3.63, 3.8) is 0 Å². The molecule has 0 bridgehead atoms. The van der Waals surface area contributed by atoms with Crippen molar-refractivity contribution in [1.29, 1.82) is 5.26 Å². The van der Waals surface area contributed by atoms with Crippen LogP contribution in [0.2, 0.25) is 0 Å². The van der Waals surface area contributed by atoms with Crippen molar-refractivity contribution in [2.45, 2.75) is 44.9 Å². The van der Waals surface area contributed by atoms with Crippen LogP contribution < -0.4 is 14.4 Å². The first-order chi connectivity index (χ1) is 15.6. The van der Waals surface area contributed by atoms with E-state index in [2.05, 4.69) is 11.1 Å². The Morgan fingerprint density at radius 3 is 2.56 bits per heavy atom. The molecule has 0 unspecified atom stereocenters. The highest BCUT2D eigenvalue weighted by atomic mass is 19.3. The van der Waals surface area contributed by atoms with E-state index in [0.29, 0.717) is 17.9 Å². The maximum atomic E-state index is 13.0. The van der Waals surface area contributed by atoms with Crippen LogP contribution in [0.1, 0.15) is 36.8 Å². The number of alkyl halides is 2. The standard InChI is InChI=1S/C25H23F2N3O2/c26-25(27)32-23-11-10-21(14-24(23)31-22-8-1-2-9-22)30(17-19-6-4-12-29-16-19)20-7-3-5-18(13-20)15-28/h3-7,10-14,16,22,25H,1-2,8-9,17H2. The smallest absolute Gasteiger partial charge is 0.387 e.